The van der Waals surface area contributed by atoms with Crippen LogP contribution in [0.15, 0.2) is 30.0 Å². The van der Waals surface area contributed by atoms with Crippen LogP contribution in [0.2, 0.25) is 0 Å². The van der Waals surface area contributed by atoms with Crippen LogP contribution in [0.25, 0.3) is 0 Å². The lowest BCUT2D eigenvalue weighted by molar-refractivity contribution is 0.199. The molecule has 0 saturated heterocycles. The number of hydrogen-bond acceptors (Lipinski definition) is 3. The monoisotopic (exact) mass is 260 g/mol. The van der Waals surface area contributed by atoms with Gasteiger partial charge in [-0.1, -0.05) is 38.5 Å². The highest BCUT2D eigenvalue weighted by Crippen LogP contribution is 2.31. The maximum atomic E-state index is 9.49. The highest BCUT2D eigenvalue weighted by molar-refractivity contribution is 5.42. The van der Waals surface area contributed by atoms with Gasteiger partial charge in [0.2, 0.25) is 0 Å². The van der Waals surface area contributed by atoms with Crippen molar-refractivity contribution in [3.63, 3.8) is 0 Å². The van der Waals surface area contributed by atoms with Crippen LogP contribution in [-0.4, -0.2) is 23.2 Å². The minimum absolute atomic E-state index is 0.274. The number of rotatable bonds is 2. The van der Waals surface area contributed by atoms with Crippen LogP contribution in [0.1, 0.15) is 45.8 Å². The van der Waals surface area contributed by atoms with Crippen molar-refractivity contribution in [3.05, 3.63) is 35.5 Å². The molecule has 1 atom stereocenters. The van der Waals surface area contributed by atoms with Gasteiger partial charge >= 0.3 is 0 Å². The van der Waals surface area contributed by atoms with Crippen LogP contribution in [0.4, 0.5) is 5.82 Å². The molecule has 3 heteroatoms. The highest BCUT2D eigenvalue weighted by atomic mass is 16.3. The molecule has 2 rings (SSSR count). The first kappa shape index (κ1) is 14.1. The van der Waals surface area contributed by atoms with Crippen molar-refractivity contribution < 1.29 is 5.11 Å². The highest BCUT2D eigenvalue weighted by Gasteiger charge is 2.21. The van der Waals surface area contributed by atoms with Gasteiger partial charge in [-0.2, -0.15) is 0 Å². The van der Waals surface area contributed by atoms with Crippen molar-refractivity contribution in [2.24, 2.45) is 5.41 Å². The summed E-state index contributed by atoms with van der Waals surface area (Å²) in [4.78, 5) is 6.73. The summed E-state index contributed by atoms with van der Waals surface area (Å²) in [7, 11) is 0. The molecule has 3 nitrogen and oxygen atoms in total. The van der Waals surface area contributed by atoms with Gasteiger partial charge in [-0.25, -0.2) is 4.98 Å². The molecule has 1 aromatic rings. The molecule has 2 heterocycles. The molecule has 1 aliphatic heterocycles. The number of anilines is 1. The Balaban J connectivity index is 2.07. The van der Waals surface area contributed by atoms with Crippen LogP contribution < -0.4 is 4.90 Å². The molecule has 1 aliphatic rings. The number of aromatic nitrogens is 1. The second-order valence-corrected chi connectivity index (χ2v) is 6.30. The summed E-state index contributed by atoms with van der Waals surface area (Å²) in [6.45, 7) is 10.5. The fraction of sp³-hybridized carbons (Fsp3) is 0.562. The van der Waals surface area contributed by atoms with E-state index in [-0.39, 0.29) is 5.41 Å². The molecule has 0 aromatic carbocycles. The van der Waals surface area contributed by atoms with Gasteiger partial charge in [0, 0.05) is 19.3 Å². The van der Waals surface area contributed by atoms with E-state index in [1.54, 1.807) is 13.1 Å². The SMILES string of the molecule is C[C@@H](O)c1ccc(N2CC=C(C(C)(C)C)CC2)nc1. The van der Waals surface area contributed by atoms with Crippen molar-refractivity contribution in [2.45, 2.75) is 40.2 Å². The Morgan fingerprint density at radius 2 is 2.05 bits per heavy atom. The Labute approximate surface area is 116 Å². The van der Waals surface area contributed by atoms with Crippen LogP contribution in [-0.2, 0) is 0 Å². The van der Waals surface area contributed by atoms with Crippen molar-refractivity contribution in [1.82, 2.24) is 4.98 Å². The van der Waals surface area contributed by atoms with E-state index in [1.807, 2.05) is 12.1 Å². The predicted molar refractivity (Wildman–Crippen MR) is 79.2 cm³/mol. The largest absolute Gasteiger partial charge is 0.389 e. The summed E-state index contributed by atoms with van der Waals surface area (Å²) >= 11 is 0. The standard InChI is InChI=1S/C16H24N2O/c1-12(19)13-5-6-15(17-11-13)18-9-7-14(8-10-18)16(2,3)4/h5-7,11-12,19H,8-10H2,1-4H3/t12-/m1/s1. The summed E-state index contributed by atoms with van der Waals surface area (Å²) in [6, 6.07) is 3.95. The van der Waals surface area contributed by atoms with Gasteiger partial charge in [-0.3, -0.25) is 0 Å². The van der Waals surface area contributed by atoms with E-state index >= 15 is 0 Å². The summed E-state index contributed by atoms with van der Waals surface area (Å²) in [5.41, 5.74) is 2.67. The zero-order valence-electron chi connectivity index (χ0n) is 12.3. The van der Waals surface area contributed by atoms with E-state index in [0.29, 0.717) is 0 Å². The number of nitrogens with zero attached hydrogens (tertiary/aromatic N) is 2. The fourth-order valence-corrected chi connectivity index (χ4v) is 2.39. The topological polar surface area (TPSA) is 36.4 Å². The van der Waals surface area contributed by atoms with E-state index in [1.165, 1.54) is 5.57 Å². The van der Waals surface area contributed by atoms with Crippen molar-refractivity contribution in [3.8, 4) is 0 Å². The number of hydrogen-bond donors (Lipinski definition) is 1. The summed E-state index contributed by atoms with van der Waals surface area (Å²) in [6.07, 6.45) is 4.75. The van der Waals surface area contributed by atoms with Crippen LogP contribution in [0.3, 0.4) is 0 Å². The summed E-state index contributed by atoms with van der Waals surface area (Å²) in [5, 5.41) is 9.49. The molecular formula is C16H24N2O. The van der Waals surface area contributed by atoms with E-state index in [4.69, 9.17) is 0 Å². The van der Waals surface area contributed by atoms with E-state index in [2.05, 4.69) is 36.7 Å². The fourth-order valence-electron chi connectivity index (χ4n) is 2.39. The molecule has 1 N–H and O–H groups in total. The van der Waals surface area contributed by atoms with E-state index < -0.39 is 6.10 Å². The Hall–Kier alpha value is -1.35. The van der Waals surface area contributed by atoms with Gasteiger partial charge in [0.05, 0.1) is 6.10 Å². The van der Waals surface area contributed by atoms with Gasteiger partial charge in [-0.15, -0.1) is 0 Å². The molecule has 0 radical (unpaired) electrons. The van der Waals surface area contributed by atoms with Crippen molar-refractivity contribution in [2.75, 3.05) is 18.0 Å². The lowest BCUT2D eigenvalue weighted by atomic mass is 9.83. The van der Waals surface area contributed by atoms with E-state index in [9.17, 15) is 5.11 Å². The number of aliphatic hydroxyl groups excluding tert-OH is 1. The molecule has 0 fully saturated rings. The first-order valence-corrected chi connectivity index (χ1v) is 6.96. The number of pyridine rings is 1. The summed E-state index contributed by atoms with van der Waals surface area (Å²) in [5.74, 6) is 0.994. The Kier molecular flexibility index (Phi) is 3.95. The lowest BCUT2D eigenvalue weighted by Crippen LogP contribution is -2.31. The molecule has 1 aromatic heterocycles. The second kappa shape index (κ2) is 5.33. The maximum Gasteiger partial charge on any atom is 0.128 e. The minimum atomic E-state index is -0.449. The lowest BCUT2D eigenvalue weighted by Gasteiger charge is -2.32. The van der Waals surface area contributed by atoms with Gasteiger partial charge in [-0.05, 0) is 30.4 Å². The molecule has 0 spiro atoms. The predicted octanol–water partition coefficient (Wildman–Crippen LogP) is 3.32. The zero-order valence-corrected chi connectivity index (χ0v) is 12.3. The Bertz CT molecular complexity index is 455. The molecule has 0 bridgehead atoms. The molecule has 0 aliphatic carbocycles. The molecule has 0 unspecified atom stereocenters. The average Bonchev–Trinajstić information content (AvgIpc) is 2.38. The minimum Gasteiger partial charge on any atom is -0.389 e. The average molecular weight is 260 g/mol. The van der Waals surface area contributed by atoms with Crippen molar-refractivity contribution >= 4 is 5.82 Å². The van der Waals surface area contributed by atoms with Crippen LogP contribution >= 0.6 is 0 Å². The third-order valence-electron chi connectivity index (χ3n) is 3.75. The first-order chi connectivity index (χ1) is 8.88. The molecule has 0 saturated carbocycles. The van der Waals surface area contributed by atoms with Crippen molar-refractivity contribution in [1.29, 1.82) is 0 Å². The zero-order chi connectivity index (χ0) is 14.0. The van der Waals surface area contributed by atoms with Gasteiger partial charge < -0.3 is 10.0 Å². The number of aliphatic hydroxyl groups is 1. The summed E-state index contributed by atoms with van der Waals surface area (Å²) < 4.78 is 0. The van der Waals surface area contributed by atoms with Gasteiger partial charge in [0.1, 0.15) is 5.82 Å². The molecule has 104 valence electrons. The maximum absolute atomic E-state index is 9.49. The Morgan fingerprint density at radius 1 is 1.32 bits per heavy atom. The smallest absolute Gasteiger partial charge is 0.128 e. The first-order valence-electron chi connectivity index (χ1n) is 6.96. The quantitative estimate of drug-likeness (QED) is 0.829. The van der Waals surface area contributed by atoms with E-state index in [0.717, 1.165) is 30.9 Å². The third kappa shape index (κ3) is 3.35. The van der Waals surface area contributed by atoms with Gasteiger partial charge in [0.25, 0.3) is 0 Å². The molecule has 0 amide bonds. The molecular weight excluding hydrogens is 236 g/mol. The third-order valence-corrected chi connectivity index (χ3v) is 3.75. The molecule has 19 heavy (non-hydrogen) atoms. The van der Waals surface area contributed by atoms with Crippen LogP contribution in [0, 0.1) is 5.41 Å². The second-order valence-electron chi connectivity index (χ2n) is 6.30. The Morgan fingerprint density at radius 3 is 2.47 bits per heavy atom. The van der Waals surface area contributed by atoms with Gasteiger partial charge in [0.15, 0.2) is 0 Å². The van der Waals surface area contributed by atoms with Crippen LogP contribution in [0.5, 0.6) is 0 Å². The normalized spacial score (nSPS) is 18.2.